The molecule has 3 rings (SSSR count). The Morgan fingerprint density at radius 3 is 2.50 bits per heavy atom. The first-order valence-electron chi connectivity index (χ1n) is 10.0. The Morgan fingerprint density at radius 2 is 1.80 bits per heavy atom. The minimum atomic E-state index is -0.941. The van der Waals surface area contributed by atoms with E-state index in [2.05, 4.69) is 34.4 Å². The topological polar surface area (TPSA) is 104 Å². The van der Waals surface area contributed by atoms with Gasteiger partial charge in [-0.05, 0) is 36.1 Å². The summed E-state index contributed by atoms with van der Waals surface area (Å²) in [5, 5.41) is 15.7. The van der Waals surface area contributed by atoms with Crippen LogP contribution in [0.5, 0.6) is 0 Å². The summed E-state index contributed by atoms with van der Waals surface area (Å²) in [4.78, 5) is 31.8. The molecule has 3 N–H and O–H groups in total. The van der Waals surface area contributed by atoms with E-state index in [1.54, 1.807) is 12.1 Å². The lowest BCUT2D eigenvalue weighted by molar-refractivity contribution is -0.136. The van der Waals surface area contributed by atoms with Crippen molar-refractivity contribution in [2.75, 3.05) is 11.9 Å². The van der Waals surface area contributed by atoms with Crippen molar-refractivity contribution in [3.05, 3.63) is 65.9 Å². The highest BCUT2D eigenvalue weighted by atomic mass is 16.4. The summed E-state index contributed by atoms with van der Waals surface area (Å²) >= 11 is 0. The summed E-state index contributed by atoms with van der Waals surface area (Å²) in [5.41, 5.74) is 2.41. The van der Waals surface area contributed by atoms with Gasteiger partial charge >= 0.3 is 5.97 Å². The number of aromatic nitrogens is 2. The van der Waals surface area contributed by atoms with Gasteiger partial charge in [-0.15, -0.1) is 0 Å². The van der Waals surface area contributed by atoms with Crippen molar-refractivity contribution >= 4 is 28.7 Å². The average Bonchev–Trinajstić information content (AvgIpc) is 2.72. The van der Waals surface area contributed by atoms with E-state index in [1.807, 2.05) is 42.6 Å². The van der Waals surface area contributed by atoms with Gasteiger partial charge in [0, 0.05) is 23.7 Å². The van der Waals surface area contributed by atoms with Crippen LogP contribution >= 0.6 is 0 Å². The number of anilines is 1. The first-order chi connectivity index (χ1) is 14.4. The molecule has 2 aromatic carbocycles. The molecule has 0 saturated carbocycles. The summed E-state index contributed by atoms with van der Waals surface area (Å²) in [6.45, 7) is 4.41. The number of carboxylic acid groups (broad SMARTS) is 1. The molecule has 30 heavy (non-hydrogen) atoms. The maximum atomic E-state index is 12.2. The van der Waals surface area contributed by atoms with E-state index in [4.69, 9.17) is 5.11 Å². The van der Waals surface area contributed by atoms with Crippen molar-refractivity contribution in [2.45, 2.75) is 32.7 Å². The van der Waals surface area contributed by atoms with Crippen LogP contribution in [0.15, 0.2) is 54.7 Å². The number of rotatable bonds is 9. The number of carbonyl (C=O) groups is 2. The first kappa shape index (κ1) is 21.2. The fraction of sp³-hybridized carbons (Fsp3) is 0.304. The predicted molar refractivity (Wildman–Crippen MR) is 116 cm³/mol. The Balaban J connectivity index is 1.74. The van der Waals surface area contributed by atoms with E-state index in [9.17, 15) is 9.59 Å². The number of para-hydroxylation sites is 1. The number of benzene rings is 2. The number of carboxylic acids is 1. The summed E-state index contributed by atoms with van der Waals surface area (Å²) in [6.07, 6.45) is 2.58. The molecule has 1 atom stereocenters. The van der Waals surface area contributed by atoms with Crippen molar-refractivity contribution in [1.29, 1.82) is 0 Å². The van der Waals surface area contributed by atoms with Gasteiger partial charge in [-0.1, -0.05) is 44.2 Å². The average molecular weight is 406 g/mol. The van der Waals surface area contributed by atoms with Crippen LogP contribution in [0.25, 0.3) is 10.9 Å². The Morgan fingerprint density at radius 1 is 1.07 bits per heavy atom. The molecule has 156 valence electrons. The van der Waals surface area contributed by atoms with Crippen molar-refractivity contribution in [1.82, 2.24) is 15.3 Å². The molecule has 7 heteroatoms. The number of hydrogen-bond donors (Lipinski definition) is 3. The third-order valence-corrected chi connectivity index (χ3v) is 4.70. The molecule has 0 spiro atoms. The van der Waals surface area contributed by atoms with Gasteiger partial charge in [0.25, 0.3) is 5.91 Å². The summed E-state index contributed by atoms with van der Waals surface area (Å²) in [6, 6.07) is 15.2. The molecule has 0 saturated heterocycles. The highest BCUT2D eigenvalue weighted by Crippen LogP contribution is 2.25. The molecule has 0 fully saturated rings. The second-order valence-electron chi connectivity index (χ2n) is 7.60. The highest BCUT2D eigenvalue weighted by Gasteiger charge is 2.16. The summed E-state index contributed by atoms with van der Waals surface area (Å²) in [5.74, 6) is -0.213. The first-order valence-corrected chi connectivity index (χ1v) is 10.0. The van der Waals surface area contributed by atoms with Gasteiger partial charge in [-0.2, -0.15) is 0 Å². The maximum Gasteiger partial charge on any atom is 0.305 e. The molecular formula is C23H26N4O3. The smallest absolute Gasteiger partial charge is 0.305 e. The highest BCUT2D eigenvalue weighted by molar-refractivity contribution is 5.94. The summed E-state index contributed by atoms with van der Waals surface area (Å²) in [7, 11) is 0. The van der Waals surface area contributed by atoms with Gasteiger partial charge in [0.15, 0.2) is 0 Å². The number of nitrogens with zero attached hydrogens (tertiary/aromatic N) is 2. The van der Waals surface area contributed by atoms with Crippen molar-refractivity contribution in [3.8, 4) is 0 Å². The number of hydrogen-bond acceptors (Lipinski definition) is 5. The van der Waals surface area contributed by atoms with Crippen LogP contribution in [0, 0.1) is 5.92 Å². The monoisotopic (exact) mass is 406 g/mol. The molecule has 0 aliphatic heterocycles. The molecule has 0 unspecified atom stereocenters. The lowest BCUT2D eigenvalue weighted by Crippen LogP contribution is -2.26. The standard InChI is InChI=1S/C23H26N4O3/c1-15(2)13-20(27-23-25-14-18-5-3-4-6-19(18)26-23)16-7-9-17(10-8-16)22(30)24-12-11-21(28)29/h3-10,14-15,20H,11-13H2,1-2H3,(H,24,30)(H,28,29)(H,25,26,27)/t20-/m1/s1. The van der Waals surface area contributed by atoms with Crippen LogP contribution < -0.4 is 10.6 Å². The normalized spacial score (nSPS) is 12.0. The molecule has 3 aromatic rings. The van der Waals surface area contributed by atoms with Gasteiger partial charge in [-0.25, -0.2) is 9.97 Å². The van der Waals surface area contributed by atoms with Crippen molar-refractivity contribution in [3.63, 3.8) is 0 Å². The third kappa shape index (κ3) is 5.76. The van der Waals surface area contributed by atoms with E-state index < -0.39 is 5.97 Å². The van der Waals surface area contributed by atoms with Crippen molar-refractivity contribution in [2.24, 2.45) is 5.92 Å². The quantitative estimate of drug-likeness (QED) is 0.496. The van der Waals surface area contributed by atoms with E-state index in [-0.39, 0.29) is 24.9 Å². The Labute approximate surface area is 175 Å². The fourth-order valence-corrected chi connectivity index (χ4v) is 3.20. The fourth-order valence-electron chi connectivity index (χ4n) is 3.20. The lowest BCUT2D eigenvalue weighted by Gasteiger charge is -2.21. The maximum absolute atomic E-state index is 12.2. The van der Waals surface area contributed by atoms with Crippen molar-refractivity contribution < 1.29 is 14.7 Å². The Hall–Kier alpha value is -3.48. The molecule has 0 aliphatic carbocycles. The van der Waals surface area contributed by atoms with Gasteiger partial charge in [0.05, 0.1) is 18.0 Å². The third-order valence-electron chi connectivity index (χ3n) is 4.70. The Bertz CT molecular complexity index is 1020. The van der Waals surface area contributed by atoms with Crippen LogP contribution in [0.1, 0.15) is 48.7 Å². The van der Waals surface area contributed by atoms with Crippen LogP contribution in [-0.2, 0) is 4.79 Å². The van der Waals surface area contributed by atoms with E-state index in [0.717, 1.165) is 22.9 Å². The number of carbonyl (C=O) groups excluding carboxylic acids is 1. The summed E-state index contributed by atoms with van der Waals surface area (Å²) < 4.78 is 0. The molecule has 0 bridgehead atoms. The number of amides is 1. The van der Waals surface area contributed by atoms with Gasteiger partial charge in [0.1, 0.15) is 0 Å². The zero-order valence-electron chi connectivity index (χ0n) is 17.1. The van der Waals surface area contributed by atoms with Gasteiger partial charge in [0.2, 0.25) is 5.95 Å². The minimum Gasteiger partial charge on any atom is -0.481 e. The molecule has 1 heterocycles. The molecule has 0 aliphatic rings. The van der Waals surface area contributed by atoms with Crippen LogP contribution in [0.4, 0.5) is 5.95 Å². The van der Waals surface area contributed by atoms with E-state index in [1.165, 1.54) is 0 Å². The molecule has 0 radical (unpaired) electrons. The van der Waals surface area contributed by atoms with Gasteiger partial charge in [-0.3, -0.25) is 9.59 Å². The minimum absolute atomic E-state index is 0.00437. The predicted octanol–water partition coefficient (Wildman–Crippen LogP) is 4.03. The molecular weight excluding hydrogens is 380 g/mol. The van der Waals surface area contributed by atoms with E-state index >= 15 is 0 Å². The van der Waals surface area contributed by atoms with Crippen LogP contribution in [0.3, 0.4) is 0 Å². The lowest BCUT2D eigenvalue weighted by atomic mass is 9.96. The zero-order valence-corrected chi connectivity index (χ0v) is 17.1. The second-order valence-corrected chi connectivity index (χ2v) is 7.60. The largest absolute Gasteiger partial charge is 0.481 e. The van der Waals surface area contributed by atoms with Gasteiger partial charge < -0.3 is 15.7 Å². The van der Waals surface area contributed by atoms with E-state index in [0.29, 0.717) is 17.4 Å². The number of aliphatic carboxylic acids is 1. The van der Waals surface area contributed by atoms with Crippen LogP contribution in [0.2, 0.25) is 0 Å². The number of fused-ring (bicyclic) bond motifs is 1. The molecule has 1 aromatic heterocycles. The van der Waals surface area contributed by atoms with Crippen LogP contribution in [-0.4, -0.2) is 33.5 Å². The second kappa shape index (κ2) is 9.82. The zero-order chi connectivity index (χ0) is 21.5. The molecule has 1 amide bonds. The Kier molecular flexibility index (Phi) is 6.95. The number of nitrogens with one attached hydrogen (secondary N) is 2. The molecule has 7 nitrogen and oxygen atoms in total. The SMILES string of the molecule is CC(C)C[C@@H](Nc1ncc2ccccc2n1)c1ccc(C(=O)NCCC(=O)O)cc1.